The zero-order valence-electron chi connectivity index (χ0n) is 11.5. The molecule has 0 unspecified atom stereocenters. The van der Waals surface area contributed by atoms with Gasteiger partial charge in [0.15, 0.2) is 10.9 Å². The molecule has 0 bridgehead atoms. The fraction of sp³-hybridized carbons (Fsp3) is 0.154. The lowest BCUT2D eigenvalue weighted by molar-refractivity contribution is 0.101. The molecule has 0 spiro atoms. The number of hydrogen-bond acceptors (Lipinski definition) is 6. The first-order valence-electron chi connectivity index (χ1n) is 6.00. The van der Waals surface area contributed by atoms with Gasteiger partial charge in [-0.2, -0.15) is 5.10 Å². The Labute approximate surface area is 131 Å². The van der Waals surface area contributed by atoms with Crippen molar-refractivity contribution in [2.45, 2.75) is 13.8 Å². The van der Waals surface area contributed by atoms with E-state index in [1.165, 1.54) is 18.3 Å². The number of ketones is 1. The second-order valence-electron chi connectivity index (χ2n) is 4.19. The van der Waals surface area contributed by atoms with Gasteiger partial charge in [0.05, 0.1) is 11.4 Å². The topological polar surface area (TPSA) is 93.3 Å². The van der Waals surface area contributed by atoms with Crippen molar-refractivity contribution in [3.8, 4) is 10.6 Å². The van der Waals surface area contributed by atoms with Gasteiger partial charge in [0, 0.05) is 24.1 Å². The van der Waals surface area contributed by atoms with Gasteiger partial charge in [0.2, 0.25) is 0 Å². The van der Waals surface area contributed by atoms with E-state index in [2.05, 4.69) is 20.5 Å². The molecule has 0 aliphatic carbocycles. The van der Waals surface area contributed by atoms with Crippen molar-refractivity contribution in [1.82, 2.24) is 15.4 Å². The van der Waals surface area contributed by atoms with E-state index in [4.69, 9.17) is 18.0 Å². The summed E-state index contributed by atoms with van der Waals surface area (Å²) in [5.41, 5.74) is 10.2. The largest absolute Gasteiger partial charge is 0.375 e. The van der Waals surface area contributed by atoms with Crippen molar-refractivity contribution < 1.29 is 4.79 Å². The summed E-state index contributed by atoms with van der Waals surface area (Å²) in [6, 6.07) is 3.55. The second-order valence-corrected chi connectivity index (χ2v) is 5.53. The van der Waals surface area contributed by atoms with Gasteiger partial charge in [-0.25, -0.2) is 9.97 Å². The molecule has 0 aliphatic rings. The maximum Gasteiger partial charge on any atom is 0.184 e. The number of carbonyl (C=O) groups is 1. The summed E-state index contributed by atoms with van der Waals surface area (Å²) in [4.78, 5) is 20.2. The van der Waals surface area contributed by atoms with E-state index in [-0.39, 0.29) is 10.9 Å². The van der Waals surface area contributed by atoms with Gasteiger partial charge in [-0.15, -0.1) is 11.3 Å². The highest BCUT2D eigenvalue weighted by Gasteiger charge is 2.11. The van der Waals surface area contributed by atoms with Gasteiger partial charge in [-0.3, -0.25) is 10.2 Å². The Bertz CT molecular complexity index is 709. The summed E-state index contributed by atoms with van der Waals surface area (Å²) in [7, 11) is 0. The standard InChI is InChI=1S/C13H13N5OS2/c1-7(17-18-13(14)20)10-5-9(12-15-3-4-21-12)6-11(16-10)8(2)19/h3-6H,1-2H3,(H3,14,18,20). The van der Waals surface area contributed by atoms with Crippen LogP contribution >= 0.6 is 23.6 Å². The highest BCUT2D eigenvalue weighted by molar-refractivity contribution is 7.80. The summed E-state index contributed by atoms with van der Waals surface area (Å²) in [5.74, 6) is -0.121. The molecule has 3 N–H and O–H groups in total. The zero-order chi connectivity index (χ0) is 15.4. The number of thiocarbonyl (C=S) groups is 1. The molecule has 0 radical (unpaired) electrons. The quantitative estimate of drug-likeness (QED) is 0.387. The average molecular weight is 319 g/mol. The van der Waals surface area contributed by atoms with E-state index in [0.717, 1.165) is 10.6 Å². The summed E-state index contributed by atoms with van der Waals surface area (Å²) in [6.45, 7) is 3.22. The predicted molar refractivity (Wildman–Crippen MR) is 87.5 cm³/mol. The van der Waals surface area contributed by atoms with E-state index >= 15 is 0 Å². The van der Waals surface area contributed by atoms with Crippen molar-refractivity contribution in [1.29, 1.82) is 0 Å². The predicted octanol–water partition coefficient (Wildman–Crippen LogP) is 1.96. The van der Waals surface area contributed by atoms with Crippen molar-refractivity contribution in [3.05, 3.63) is 35.1 Å². The number of Topliss-reactive ketones (excluding diaryl/α,β-unsaturated/α-hetero) is 1. The maximum absolute atomic E-state index is 11.6. The molecule has 2 aromatic heterocycles. The average Bonchev–Trinajstić information content (AvgIpc) is 2.98. The number of nitrogens with one attached hydrogen (secondary N) is 1. The van der Waals surface area contributed by atoms with Crippen molar-refractivity contribution in [2.24, 2.45) is 10.8 Å². The molecule has 21 heavy (non-hydrogen) atoms. The lowest BCUT2D eigenvalue weighted by Gasteiger charge is -2.06. The molecule has 2 aromatic rings. The summed E-state index contributed by atoms with van der Waals surface area (Å²) in [6.07, 6.45) is 1.71. The Morgan fingerprint density at radius 2 is 2.10 bits per heavy atom. The van der Waals surface area contributed by atoms with E-state index in [0.29, 0.717) is 17.1 Å². The molecule has 108 valence electrons. The zero-order valence-corrected chi connectivity index (χ0v) is 13.1. The molecule has 0 aliphatic heterocycles. The van der Waals surface area contributed by atoms with Gasteiger partial charge < -0.3 is 5.73 Å². The van der Waals surface area contributed by atoms with Gasteiger partial charge in [-0.05, 0) is 31.3 Å². The summed E-state index contributed by atoms with van der Waals surface area (Å²) < 4.78 is 0. The highest BCUT2D eigenvalue weighted by Crippen LogP contribution is 2.23. The normalized spacial score (nSPS) is 11.2. The first-order chi connectivity index (χ1) is 9.97. The van der Waals surface area contributed by atoms with Gasteiger partial charge in [0.25, 0.3) is 0 Å². The van der Waals surface area contributed by atoms with Gasteiger partial charge in [0.1, 0.15) is 10.7 Å². The van der Waals surface area contributed by atoms with Crippen LogP contribution in [0.3, 0.4) is 0 Å². The summed E-state index contributed by atoms with van der Waals surface area (Å²) >= 11 is 6.19. The van der Waals surface area contributed by atoms with Crippen LogP contribution in [0, 0.1) is 0 Å². The third-order valence-electron chi connectivity index (χ3n) is 2.57. The molecule has 0 fully saturated rings. The minimum absolute atomic E-state index is 0.0669. The Balaban J connectivity index is 2.48. The van der Waals surface area contributed by atoms with Crippen LogP contribution in [0.15, 0.2) is 28.8 Å². The van der Waals surface area contributed by atoms with Crippen molar-refractivity contribution in [3.63, 3.8) is 0 Å². The number of nitrogens with two attached hydrogens (primary N) is 1. The lowest BCUT2D eigenvalue weighted by atomic mass is 10.1. The number of carbonyl (C=O) groups excluding carboxylic acids is 1. The van der Waals surface area contributed by atoms with Gasteiger partial charge >= 0.3 is 0 Å². The van der Waals surface area contributed by atoms with Crippen LogP contribution in [0.1, 0.15) is 30.0 Å². The summed E-state index contributed by atoms with van der Waals surface area (Å²) in [5, 5.41) is 6.78. The van der Waals surface area contributed by atoms with E-state index in [1.54, 1.807) is 19.2 Å². The first kappa shape index (κ1) is 15.2. The molecule has 0 saturated carbocycles. The number of rotatable bonds is 4. The lowest BCUT2D eigenvalue weighted by Crippen LogP contribution is -2.25. The minimum Gasteiger partial charge on any atom is -0.375 e. The number of pyridine rings is 1. The van der Waals surface area contributed by atoms with E-state index < -0.39 is 0 Å². The third-order valence-corrected chi connectivity index (χ3v) is 3.48. The number of thiazole rings is 1. The third kappa shape index (κ3) is 3.89. The fourth-order valence-electron chi connectivity index (χ4n) is 1.58. The Morgan fingerprint density at radius 3 is 2.67 bits per heavy atom. The van der Waals surface area contributed by atoms with E-state index in [9.17, 15) is 4.79 Å². The van der Waals surface area contributed by atoms with Crippen LogP contribution in [0.4, 0.5) is 0 Å². The Morgan fingerprint density at radius 1 is 1.38 bits per heavy atom. The molecule has 2 heterocycles. The van der Waals surface area contributed by atoms with Crippen LogP contribution in [0.2, 0.25) is 0 Å². The molecular formula is C13H13N5OS2. The van der Waals surface area contributed by atoms with Crippen LogP contribution in [-0.4, -0.2) is 26.6 Å². The van der Waals surface area contributed by atoms with Crippen LogP contribution in [0.5, 0.6) is 0 Å². The number of hydrazone groups is 1. The molecule has 0 amide bonds. The van der Waals surface area contributed by atoms with Gasteiger partial charge in [-0.1, -0.05) is 0 Å². The van der Waals surface area contributed by atoms with Crippen LogP contribution in [0.25, 0.3) is 10.6 Å². The monoisotopic (exact) mass is 319 g/mol. The number of aromatic nitrogens is 2. The fourth-order valence-corrected chi connectivity index (χ4v) is 2.25. The second kappa shape index (κ2) is 6.51. The molecule has 2 rings (SSSR count). The molecule has 0 saturated heterocycles. The Hall–Kier alpha value is -2.19. The van der Waals surface area contributed by atoms with Crippen LogP contribution < -0.4 is 11.2 Å². The molecule has 8 heteroatoms. The Kier molecular flexibility index (Phi) is 4.71. The molecule has 6 nitrogen and oxygen atoms in total. The highest BCUT2D eigenvalue weighted by atomic mass is 32.1. The van der Waals surface area contributed by atoms with Crippen LogP contribution in [-0.2, 0) is 0 Å². The molecule has 0 atom stereocenters. The maximum atomic E-state index is 11.6. The molecular weight excluding hydrogens is 306 g/mol. The van der Waals surface area contributed by atoms with Crippen molar-refractivity contribution >= 4 is 40.2 Å². The first-order valence-corrected chi connectivity index (χ1v) is 7.29. The SMILES string of the molecule is CC(=O)c1cc(-c2nccs2)cc(C(C)=NNC(N)=S)n1. The number of hydrogen-bond donors (Lipinski definition) is 2. The smallest absolute Gasteiger partial charge is 0.184 e. The molecule has 0 aromatic carbocycles. The van der Waals surface area contributed by atoms with E-state index in [1.807, 2.05) is 11.4 Å². The van der Waals surface area contributed by atoms with Crippen molar-refractivity contribution in [2.75, 3.05) is 0 Å². The number of nitrogens with zero attached hydrogens (tertiary/aromatic N) is 3. The minimum atomic E-state index is -0.121.